The number of nitrogens with one attached hydrogen (secondary N) is 3. The highest BCUT2D eigenvalue weighted by atomic mass is 35.5. The zero-order valence-electron chi connectivity index (χ0n) is 19.6. The molecule has 16 heteroatoms. The molecular weight excluding hydrogens is 562 g/mol. The Labute approximate surface area is 222 Å². The van der Waals surface area contributed by atoms with Gasteiger partial charge in [0.1, 0.15) is 18.9 Å². The van der Waals surface area contributed by atoms with Crippen molar-refractivity contribution < 1.29 is 36.3 Å². The van der Waals surface area contributed by atoms with Crippen LogP contribution >= 0.6 is 23.2 Å². The average Bonchev–Trinajstić information content (AvgIpc) is 3.16. The highest BCUT2D eigenvalue weighted by molar-refractivity contribution is 6.39. The molecule has 0 aliphatic heterocycles. The maximum atomic E-state index is 12.8. The third-order valence-corrected chi connectivity index (χ3v) is 5.86. The number of rotatable bonds is 10. The number of nitrogens with zero attached hydrogens (tertiary/aromatic N) is 2. The SMILES string of the molecule is Cn1c(Nc2c(Cl)ccc(CNC(=O)CN)c2Cl)nc2cc(C(=O)NCC(F)(F)F)c(OCC(F)F)cc21. The lowest BCUT2D eigenvalue weighted by molar-refractivity contribution is -0.123. The summed E-state index contributed by atoms with van der Waals surface area (Å²) in [5.74, 6) is -1.81. The quantitative estimate of drug-likeness (QED) is 0.266. The molecular formula is C22H21Cl2F5N6O3. The molecule has 0 radical (unpaired) electrons. The Kier molecular flexibility index (Phi) is 9.22. The van der Waals surface area contributed by atoms with Crippen LogP contribution in [0.4, 0.5) is 33.6 Å². The second kappa shape index (κ2) is 12.0. The van der Waals surface area contributed by atoms with E-state index in [4.69, 9.17) is 33.7 Å². The standard InChI is InChI=1S/C22H21Cl2F5N6O3/c1-35-14-5-15(38-8-16(25)26)11(20(37)32-9-22(27,28)29)4-13(14)33-21(35)34-19-12(23)3-2-10(18(19)24)7-31-17(36)6-30/h2-5,16H,6-9,30H2,1H3,(H,31,36)(H,32,37)(H,33,34). The Morgan fingerprint density at radius 3 is 2.53 bits per heavy atom. The molecule has 5 N–H and O–H groups in total. The first kappa shape index (κ1) is 29.2. The van der Waals surface area contributed by atoms with Gasteiger partial charge in [-0.25, -0.2) is 13.8 Å². The molecule has 0 unspecified atom stereocenters. The van der Waals surface area contributed by atoms with E-state index in [0.29, 0.717) is 11.1 Å². The number of ether oxygens (including phenoxy) is 1. The zero-order valence-corrected chi connectivity index (χ0v) is 21.1. The fraction of sp³-hybridized carbons (Fsp3) is 0.318. The lowest BCUT2D eigenvalue weighted by atomic mass is 10.1. The van der Waals surface area contributed by atoms with Crippen LogP contribution in [0.15, 0.2) is 24.3 Å². The fourth-order valence-electron chi connectivity index (χ4n) is 3.28. The normalized spacial score (nSPS) is 11.6. The number of amides is 2. The van der Waals surface area contributed by atoms with Gasteiger partial charge in [-0.2, -0.15) is 13.2 Å². The summed E-state index contributed by atoms with van der Waals surface area (Å²) in [4.78, 5) is 28.3. The van der Waals surface area contributed by atoms with E-state index in [-0.39, 0.29) is 46.0 Å². The Bertz CT molecular complexity index is 1350. The molecule has 0 atom stereocenters. The molecule has 38 heavy (non-hydrogen) atoms. The summed E-state index contributed by atoms with van der Waals surface area (Å²) in [6, 6.07) is 5.46. The van der Waals surface area contributed by atoms with Crippen LogP contribution in [0.3, 0.4) is 0 Å². The van der Waals surface area contributed by atoms with Gasteiger partial charge < -0.3 is 31.0 Å². The van der Waals surface area contributed by atoms with Gasteiger partial charge in [-0.15, -0.1) is 0 Å². The van der Waals surface area contributed by atoms with E-state index in [1.54, 1.807) is 18.4 Å². The van der Waals surface area contributed by atoms with Crippen molar-refractivity contribution >= 4 is 57.7 Å². The van der Waals surface area contributed by atoms with Crippen LogP contribution < -0.4 is 26.4 Å². The van der Waals surface area contributed by atoms with Crippen molar-refractivity contribution in [2.24, 2.45) is 12.8 Å². The molecule has 0 aliphatic carbocycles. The largest absolute Gasteiger partial charge is 0.487 e. The number of nitrogens with two attached hydrogens (primary N) is 1. The van der Waals surface area contributed by atoms with Gasteiger partial charge in [0.2, 0.25) is 11.9 Å². The molecule has 1 aromatic heterocycles. The highest BCUT2D eigenvalue weighted by Gasteiger charge is 2.29. The van der Waals surface area contributed by atoms with Gasteiger partial charge in [0, 0.05) is 19.7 Å². The van der Waals surface area contributed by atoms with E-state index in [1.165, 1.54) is 16.7 Å². The number of benzene rings is 2. The lowest BCUT2D eigenvalue weighted by Gasteiger charge is -2.14. The van der Waals surface area contributed by atoms with Crippen LogP contribution in [0.25, 0.3) is 11.0 Å². The number of aryl methyl sites for hydroxylation is 1. The molecule has 0 spiro atoms. The van der Waals surface area contributed by atoms with Gasteiger partial charge in [-0.05, 0) is 17.7 Å². The summed E-state index contributed by atoms with van der Waals surface area (Å²) < 4.78 is 69.8. The lowest BCUT2D eigenvalue weighted by Crippen LogP contribution is -2.34. The number of carbonyl (C=O) groups excluding carboxylic acids is 2. The molecule has 0 bridgehead atoms. The molecule has 0 saturated carbocycles. The molecule has 0 aliphatic rings. The number of hydrogen-bond acceptors (Lipinski definition) is 6. The first-order valence-electron chi connectivity index (χ1n) is 10.8. The fourth-order valence-corrected chi connectivity index (χ4v) is 3.81. The minimum atomic E-state index is -4.69. The minimum absolute atomic E-state index is 0.0600. The number of fused-ring (bicyclic) bond motifs is 1. The second-order valence-corrected chi connectivity index (χ2v) is 8.62. The molecule has 206 valence electrons. The molecule has 9 nitrogen and oxygen atoms in total. The third-order valence-electron chi connectivity index (χ3n) is 5.11. The number of anilines is 2. The van der Waals surface area contributed by atoms with Crippen LogP contribution in [-0.2, 0) is 18.4 Å². The first-order valence-corrected chi connectivity index (χ1v) is 11.5. The van der Waals surface area contributed by atoms with E-state index in [9.17, 15) is 31.5 Å². The number of alkyl halides is 5. The third kappa shape index (κ3) is 7.14. The highest BCUT2D eigenvalue weighted by Crippen LogP contribution is 2.36. The predicted octanol–water partition coefficient (Wildman–Crippen LogP) is 4.13. The van der Waals surface area contributed by atoms with Gasteiger partial charge in [-0.3, -0.25) is 9.59 Å². The van der Waals surface area contributed by atoms with E-state index in [1.807, 2.05) is 0 Å². The topological polar surface area (TPSA) is 123 Å². The van der Waals surface area contributed by atoms with E-state index in [2.05, 4.69) is 15.6 Å². The molecule has 2 aromatic carbocycles. The average molecular weight is 583 g/mol. The van der Waals surface area contributed by atoms with Crippen molar-refractivity contribution in [3.8, 4) is 5.75 Å². The Morgan fingerprint density at radius 1 is 1.18 bits per heavy atom. The molecule has 3 aromatic rings. The van der Waals surface area contributed by atoms with Crippen LogP contribution in [-0.4, -0.2) is 53.7 Å². The van der Waals surface area contributed by atoms with Crippen molar-refractivity contribution in [1.29, 1.82) is 0 Å². The number of aromatic nitrogens is 2. The smallest absolute Gasteiger partial charge is 0.405 e. The van der Waals surface area contributed by atoms with Crippen molar-refractivity contribution in [2.45, 2.75) is 19.1 Å². The maximum absolute atomic E-state index is 12.8. The van der Waals surface area contributed by atoms with E-state index < -0.39 is 43.1 Å². The van der Waals surface area contributed by atoms with Gasteiger partial charge in [0.15, 0.2) is 0 Å². The molecule has 0 fully saturated rings. The number of halogens is 7. The molecule has 3 rings (SSSR count). The summed E-state index contributed by atoms with van der Waals surface area (Å²) in [6.45, 7) is -2.88. The van der Waals surface area contributed by atoms with E-state index in [0.717, 1.165) is 6.07 Å². The van der Waals surface area contributed by atoms with Crippen LogP contribution in [0, 0.1) is 0 Å². The number of imidazole rings is 1. The number of carbonyl (C=O) groups is 2. The zero-order chi connectivity index (χ0) is 28.2. The Balaban J connectivity index is 1.99. The Hall–Kier alpha value is -3.36. The summed E-state index contributed by atoms with van der Waals surface area (Å²) in [5, 5.41) is 7.57. The minimum Gasteiger partial charge on any atom is -0.487 e. The Morgan fingerprint density at radius 2 is 1.89 bits per heavy atom. The maximum Gasteiger partial charge on any atom is 0.405 e. The molecule has 0 saturated heterocycles. The van der Waals surface area contributed by atoms with Crippen molar-refractivity contribution in [3.05, 3.63) is 45.4 Å². The summed E-state index contributed by atoms with van der Waals surface area (Å²) in [5.41, 5.74) is 6.03. The number of hydrogen-bond donors (Lipinski definition) is 4. The van der Waals surface area contributed by atoms with Crippen molar-refractivity contribution in [3.63, 3.8) is 0 Å². The summed E-state index contributed by atoms with van der Waals surface area (Å²) in [6.07, 6.45) is -7.58. The first-order chi connectivity index (χ1) is 17.8. The molecule has 1 heterocycles. The predicted molar refractivity (Wildman–Crippen MR) is 131 cm³/mol. The van der Waals surface area contributed by atoms with Gasteiger partial charge in [-0.1, -0.05) is 29.3 Å². The van der Waals surface area contributed by atoms with Crippen LogP contribution in [0.1, 0.15) is 15.9 Å². The van der Waals surface area contributed by atoms with E-state index >= 15 is 0 Å². The molecule has 2 amide bonds. The summed E-state index contributed by atoms with van der Waals surface area (Å²) in [7, 11) is 1.55. The summed E-state index contributed by atoms with van der Waals surface area (Å²) >= 11 is 12.8. The van der Waals surface area contributed by atoms with Crippen molar-refractivity contribution in [2.75, 3.05) is 25.0 Å². The monoisotopic (exact) mass is 582 g/mol. The van der Waals surface area contributed by atoms with Crippen LogP contribution in [0.2, 0.25) is 10.0 Å². The van der Waals surface area contributed by atoms with Gasteiger partial charge >= 0.3 is 6.18 Å². The van der Waals surface area contributed by atoms with Gasteiger partial charge in [0.05, 0.1) is 38.9 Å². The van der Waals surface area contributed by atoms with Crippen molar-refractivity contribution in [1.82, 2.24) is 20.2 Å². The van der Waals surface area contributed by atoms with Crippen LogP contribution in [0.5, 0.6) is 5.75 Å². The second-order valence-electron chi connectivity index (χ2n) is 7.83. The van der Waals surface area contributed by atoms with Gasteiger partial charge in [0.25, 0.3) is 12.3 Å².